The first-order chi connectivity index (χ1) is 7.00. The number of hydrogen-bond donors (Lipinski definition) is 1. The molecule has 2 atom stereocenters. The molecule has 1 N–H and O–H groups in total. The summed E-state index contributed by atoms with van der Waals surface area (Å²) in [5.41, 5.74) is 0.687. The molecular weight excluding hydrogens is 194 g/mol. The molecule has 2 unspecified atom stereocenters. The van der Waals surface area contributed by atoms with Crippen molar-refractivity contribution in [2.24, 2.45) is 16.7 Å². The van der Waals surface area contributed by atoms with Crippen molar-refractivity contribution >= 4 is 0 Å². The van der Waals surface area contributed by atoms with E-state index in [1.165, 1.54) is 6.42 Å². The Bertz CT molecular complexity index is 192. The Balaban J connectivity index is 5.00. The molecule has 0 heterocycles. The van der Waals surface area contributed by atoms with Crippen LogP contribution in [0.25, 0.3) is 0 Å². The van der Waals surface area contributed by atoms with Gasteiger partial charge in [0.15, 0.2) is 0 Å². The Labute approximate surface area is 103 Å². The van der Waals surface area contributed by atoms with Gasteiger partial charge in [-0.1, -0.05) is 68.7 Å². The third kappa shape index (κ3) is 4.86. The Morgan fingerprint density at radius 3 is 1.50 bits per heavy atom. The third-order valence-corrected chi connectivity index (χ3v) is 3.40. The van der Waals surface area contributed by atoms with Crippen molar-refractivity contribution in [3.63, 3.8) is 0 Å². The van der Waals surface area contributed by atoms with Gasteiger partial charge in [0.05, 0.1) is 0 Å². The second kappa shape index (κ2) is 5.53. The normalized spacial score (nSPS) is 17.6. The van der Waals surface area contributed by atoms with Gasteiger partial charge in [0.2, 0.25) is 0 Å². The Kier molecular flexibility index (Phi) is 5.52. The molecule has 0 aliphatic carbocycles. The summed E-state index contributed by atoms with van der Waals surface area (Å²) in [5.74, 6) is 0.717. The van der Waals surface area contributed by atoms with Crippen LogP contribution in [-0.2, 0) is 0 Å². The van der Waals surface area contributed by atoms with Gasteiger partial charge in [-0.25, -0.2) is 0 Å². The fourth-order valence-electron chi connectivity index (χ4n) is 2.68. The van der Waals surface area contributed by atoms with Crippen molar-refractivity contribution < 1.29 is 0 Å². The van der Waals surface area contributed by atoms with E-state index in [9.17, 15) is 0 Å². The van der Waals surface area contributed by atoms with Crippen LogP contribution in [0.5, 0.6) is 0 Å². The van der Waals surface area contributed by atoms with Gasteiger partial charge < -0.3 is 5.32 Å². The predicted octanol–water partition coefficient (Wildman–Crippen LogP) is 4.47. The summed E-state index contributed by atoms with van der Waals surface area (Å²) in [6.07, 6.45) is 1.24. The minimum atomic E-state index is 0.318. The van der Waals surface area contributed by atoms with Gasteiger partial charge in [0, 0.05) is 12.1 Å². The van der Waals surface area contributed by atoms with Crippen LogP contribution in [0.2, 0.25) is 0 Å². The lowest BCUT2D eigenvalue weighted by atomic mass is 9.67. The van der Waals surface area contributed by atoms with Gasteiger partial charge >= 0.3 is 0 Å². The van der Waals surface area contributed by atoms with Crippen LogP contribution < -0.4 is 5.32 Å². The topological polar surface area (TPSA) is 12.0 Å². The molecule has 1 heteroatoms. The van der Waals surface area contributed by atoms with Crippen LogP contribution in [0.4, 0.5) is 0 Å². The van der Waals surface area contributed by atoms with Gasteiger partial charge in [-0.2, -0.15) is 0 Å². The molecular formula is C15H33N. The molecule has 0 spiro atoms. The molecule has 0 amide bonds. The van der Waals surface area contributed by atoms with Crippen molar-refractivity contribution in [1.29, 1.82) is 0 Å². The van der Waals surface area contributed by atoms with E-state index in [0.717, 1.165) is 5.92 Å². The van der Waals surface area contributed by atoms with E-state index in [1.807, 2.05) is 0 Å². The second-order valence-electron chi connectivity index (χ2n) is 7.55. The van der Waals surface area contributed by atoms with Gasteiger partial charge in [-0.3, -0.25) is 0 Å². The highest BCUT2D eigenvalue weighted by molar-refractivity contribution is 4.92. The first-order valence-corrected chi connectivity index (χ1v) is 6.76. The highest BCUT2D eigenvalue weighted by Crippen LogP contribution is 2.38. The van der Waals surface area contributed by atoms with E-state index in [4.69, 9.17) is 0 Å². The van der Waals surface area contributed by atoms with Gasteiger partial charge in [0.25, 0.3) is 0 Å². The summed E-state index contributed by atoms with van der Waals surface area (Å²) in [7, 11) is 0. The molecule has 98 valence electrons. The quantitative estimate of drug-likeness (QED) is 0.747. The highest BCUT2D eigenvalue weighted by Gasteiger charge is 2.37. The standard InChI is InChI=1S/C15H33N/c1-10-12(14(4,5)6)13(15(7,8)9)16-11(2)3/h11-13,16H,10H2,1-9H3. The average molecular weight is 227 g/mol. The minimum absolute atomic E-state index is 0.318. The zero-order chi connectivity index (χ0) is 13.1. The number of nitrogens with one attached hydrogen (secondary N) is 1. The SMILES string of the molecule is CCC(C(NC(C)C)C(C)(C)C)C(C)(C)C. The smallest absolute Gasteiger partial charge is 0.0151 e. The molecule has 0 radical (unpaired) electrons. The monoisotopic (exact) mass is 227 g/mol. The average Bonchev–Trinajstić information content (AvgIpc) is 1.98. The summed E-state index contributed by atoms with van der Waals surface area (Å²) in [4.78, 5) is 0. The Morgan fingerprint density at radius 1 is 0.875 bits per heavy atom. The molecule has 0 aromatic heterocycles. The van der Waals surface area contributed by atoms with Crippen LogP contribution in [0, 0.1) is 16.7 Å². The molecule has 0 fully saturated rings. The van der Waals surface area contributed by atoms with Gasteiger partial charge in [0.1, 0.15) is 0 Å². The highest BCUT2D eigenvalue weighted by atomic mass is 15.0. The molecule has 1 nitrogen and oxygen atoms in total. The van der Waals surface area contributed by atoms with Gasteiger partial charge in [-0.05, 0) is 16.7 Å². The number of hydrogen-bond acceptors (Lipinski definition) is 1. The zero-order valence-corrected chi connectivity index (χ0v) is 12.9. The maximum absolute atomic E-state index is 3.78. The van der Waals surface area contributed by atoms with E-state index in [2.05, 4.69) is 67.6 Å². The molecule has 0 aromatic rings. The van der Waals surface area contributed by atoms with Crippen molar-refractivity contribution in [2.45, 2.75) is 80.8 Å². The van der Waals surface area contributed by atoms with Crippen LogP contribution in [-0.4, -0.2) is 12.1 Å². The van der Waals surface area contributed by atoms with Crippen LogP contribution in [0.1, 0.15) is 68.7 Å². The van der Waals surface area contributed by atoms with Crippen molar-refractivity contribution in [2.75, 3.05) is 0 Å². The molecule has 16 heavy (non-hydrogen) atoms. The lowest BCUT2D eigenvalue weighted by Crippen LogP contribution is -2.52. The van der Waals surface area contributed by atoms with Gasteiger partial charge in [-0.15, -0.1) is 0 Å². The summed E-state index contributed by atoms with van der Waals surface area (Å²) in [6.45, 7) is 20.9. The van der Waals surface area contributed by atoms with Crippen LogP contribution in [0.15, 0.2) is 0 Å². The Morgan fingerprint density at radius 2 is 1.31 bits per heavy atom. The van der Waals surface area contributed by atoms with E-state index >= 15 is 0 Å². The summed E-state index contributed by atoms with van der Waals surface area (Å²) in [5, 5.41) is 3.78. The molecule has 0 saturated heterocycles. The summed E-state index contributed by atoms with van der Waals surface area (Å²) < 4.78 is 0. The lowest BCUT2D eigenvalue weighted by Gasteiger charge is -2.45. The largest absolute Gasteiger partial charge is 0.311 e. The van der Waals surface area contributed by atoms with Crippen molar-refractivity contribution in [3.8, 4) is 0 Å². The fourth-order valence-corrected chi connectivity index (χ4v) is 2.68. The maximum Gasteiger partial charge on any atom is 0.0151 e. The maximum atomic E-state index is 3.78. The van der Waals surface area contributed by atoms with Crippen LogP contribution >= 0.6 is 0 Å². The minimum Gasteiger partial charge on any atom is -0.311 e. The van der Waals surface area contributed by atoms with Crippen molar-refractivity contribution in [1.82, 2.24) is 5.32 Å². The second-order valence-corrected chi connectivity index (χ2v) is 7.55. The predicted molar refractivity (Wildman–Crippen MR) is 74.8 cm³/mol. The van der Waals surface area contributed by atoms with E-state index in [-0.39, 0.29) is 0 Å². The number of rotatable bonds is 4. The van der Waals surface area contributed by atoms with E-state index in [0.29, 0.717) is 22.9 Å². The van der Waals surface area contributed by atoms with Crippen LogP contribution in [0.3, 0.4) is 0 Å². The molecule has 0 aliphatic rings. The van der Waals surface area contributed by atoms with E-state index < -0.39 is 0 Å². The first kappa shape index (κ1) is 16.0. The summed E-state index contributed by atoms with van der Waals surface area (Å²) in [6, 6.07) is 1.14. The van der Waals surface area contributed by atoms with Crippen molar-refractivity contribution in [3.05, 3.63) is 0 Å². The fraction of sp³-hybridized carbons (Fsp3) is 1.00. The lowest BCUT2D eigenvalue weighted by molar-refractivity contribution is 0.0927. The molecule has 0 rings (SSSR count). The molecule has 0 aliphatic heterocycles. The van der Waals surface area contributed by atoms with E-state index in [1.54, 1.807) is 0 Å². The molecule has 0 bridgehead atoms. The zero-order valence-electron chi connectivity index (χ0n) is 12.9. The molecule has 0 saturated carbocycles. The first-order valence-electron chi connectivity index (χ1n) is 6.76. The Hall–Kier alpha value is -0.0400. The summed E-state index contributed by atoms with van der Waals surface area (Å²) >= 11 is 0. The molecule has 0 aromatic carbocycles. The third-order valence-electron chi connectivity index (χ3n) is 3.40.